The minimum Gasteiger partial charge on any atom is -0.485 e. The van der Waals surface area contributed by atoms with Crippen molar-refractivity contribution in [3.63, 3.8) is 0 Å². The maximum Gasteiger partial charge on any atom is 0.320 e. The Morgan fingerprint density at radius 2 is 2.09 bits per heavy atom. The first kappa shape index (κ1) is 20.8. The Balaban J connectivity index is 1.25. The second kappa shape index (κ2) is 8.79. The zero-order valence-electron chi connectivity index (χ0n) is 17.7. The lowest BCUT2D eigenvalue weighted by Gasteiger charge is -2.21. The van der Waals surface area contributed by atoms with E-state index in [2.05, 4.69) is 36.0 Å². The maximum absolute atomic E-state index is 13.4. The van der Waals surface area contributed by atoms with Gasteiger partial charge in [0.2, 0.25) is 0 Å². The van der Waals surface area contributed by atoms with E-state index >= 15 is 0 Å². The third kappa shape index (κ3) is 4.58. The van der Waals surface area contributed by atoms with Crippen molar-refractivity contribution in [3.8, 4) is 11.4 Å². The van der Waals surface area contributed by atoms with Crippen LogP contribution in [0.25, 0.3) is 16.6 Å². The molecule has 1 saturated heterocycles. The monoisotopic (exact) mass is 448 g/mol. The minimum atomic E-state index is -0.482. The largest absolute Gasteiger partial charge is 0.485 e. The highest BCUT2D eigenvalue weighted by atomic mass is 19.1. The molecule has 2 amide bonds. The summed E-state index contributed by atoms with van der Waals surface area (Å²) < 4.78 is 20.9. The fraction of sp³-hybridized carbons (Fsp3) is 0.227. The van der Waals surface area contributed by atoms with Crippen molar-refractivity contribution in [3.05, 3.63) is 66.8 Å². The summed E-state index contributed by atoms with van der Waals surface area (Å²) in [6.07, 6.45) is 7.28. The summed E-state index contributed by atoms with van der Waals surface area (Å²) in [5.74, 6) is 0.220. The van der Waals surface area contributed by atoms with Crippen LogP contribution in [0.1, 0.15) is 5.69 Å². The fourth-order valence-corrected chi connectivity index (χ4v) is 3.74. The molecule has 4 aromatic heterocycles. The summed E-state index contributed by atoms with van der Waals surface area (Å²) in [5, 5.41) is 14.0. The van der Waals surface area contributed by atoms with Gasteiger partial charge in [0.15, 0.2) is 0 Å². The Labute approximate surface area is 188 Å². The number of urea groups is 1. The average Bonchev–Trinajstić information content (AvgIpc) is 3.40. The van der Waals surface area contributed by atoms with E-state index in [1.165, 1.54) is 12.3 Å². The van der Waals surface area contributed by atoms with Crippen molar-refractivity contribution in [1.82, 2.24) is 35.4 Å². The van der Waals surface area contributed by atoms with Crippen molar-refractivity contribution in [1.29, 1.82) is 0 Å². The lowest BCUT2D eigenvalue weighted by Crippen LogP contribution is -2.46. The molecule has 0 radical (unpaired) electrons. The maximum atomic E-state index is 13.4. The highest BCUT2D eigenvalue weighted by molar-refractivity contribution is 5.91. The summed E-state index contributed by atoms with van der Waals surface area (Å²) in [4.78, 5) is 24.9. The summed E-state index contributed by atoms with van der Waals surface area (Å²) in [5.41, 5.74) is 2.58. The molecule has 0 spiro atoms. The van der Waals surface area contributed by atoms with Gasteiger partial charge in [-0.2, -0.15) is 5.10 Å². The van der Waals surface area contributed by atoms with E-state index in [9.17, 15) is 9.18 Å². The van der Waals surface area contributed by atoms with E-state index in [1.54, 1.807) is 29.3 Å². The molecule has 168 valence electrons. The first-order valence-electron chi connectivity index (χ1n) is 10.4. The van der Waals surface area contributed by atoms with Crippen molar-refractivity contribution in [2.24, 2.45) is 0 Å². The smallest absolute Gasteiger partial charge is 0.320 e. The van der Waals surface area contributed by atoms with Gasteiger partial charge in [0.1, 0.15) is 23.5 Å². The van der Waals surface area contributed by atoms with E-state index in [4.69, 9.17) is 4.74 Å². The summed E-state index contributed by atoms with van der Waals surface area (Å²) in [6, 6.07) is 6.09. The number of carbonyl (C=O) groups excluding carboxylic acids is 1. The number of nitrogens with one attached hydrogen (secondary N) is 3. The molecular formula is C22H21FN8O2. The quantitative estimate of drug-likeness (QED) is 0.428. The van der Waals surface area contributed by atoms with Crippen LogP contribution in [0.15, 0.2) is 55.2 Å². The number of fused-ring (bicyclic) bond motifs is 1. The van der Waals surface area contributed by atoms with Crippen LogP contribution in [-0.2, 0) is 0 Å². The van der Waals surface area contributed by atoms with Crippen LogP contribution in [0, 0.1) is 12.7 Å². The van der Waals surface area contributed by atoms with Gasteiger partial charge in [-0.1, -0.05) is 0 Å². The highest BCUT2D eigenvalue weighted by Gasteiger charge is 2.30. The van der Waals surface area contributed by atoms with Gasteiger partial charge < -0.3 is 15.4 Å². The van der Waals surface area contributed by atoms with Crippen molar-refractivity contribution < 1.29 is 13.9 Å². The number of ether oxygens (including phenoxy) is 1. The van der Waals surface area contributed by atoms with E-state index in [1.807, 2.05) is 19.1 Å². The minimum absolute atomic E-state index is 0.310. The van der Waals surface area contributed by atoms with Gasteiger partial charge in [0.25, 0.3) is 0 Å². The molecule has 0 unspecified atom stereocenters. The normalized spacial score (nSPS) is 17.8. The van der Waals surface area contributed by atoms with Gasteiger partial charge in [-0.15, -0.1) is 0 Å². The topological polar surface area (TPSA) is 119 Å². The molecule has 0 aromatic carbocycles. The molecule has 33 heavy (non-hydrogen) atoms. The fourth-order valence-electron chi connectivity index (χ4n) is 3.74. The van der Waals surface area contributed by atoms with Crippen molar-refractivity contribution in [2.75, 3.05) is 18.4 Å². The van der Waals surface area contributed by atoms with Gasteiger partial charge in [-0.25, -0.2) is 18.9 Å². The third-order valence-corrected chi connectivity index (χ3v) is 5.26. The lowest BCUT2D eigenvalue weighted by atomic mass is 10.2. The van der Waals surface area contributed by atoms with Gasteiger partial charge in [-0.05, 0) is 25.1 Å². The van der Waals surface area contributed by atoms with Gasteiger partial charge in [0.05, 0.1) is 42.0 Å². The number of anilines is 1. The van der Waals surface area contributed by atoms with E-state index in [-0.39, 0.29) is 12.1 Å². The van der Waals surface area contributed by atoms with Crippen molar-refractivity contribution >= 4 is 22.8 Å². The number of nitrogens with zero attached hydrogens (tertiary/aromatic N) is 5. The molecule has 0 aliphatic carbocycles. The summed E-state index contributed by atoms with van der Waals surface area (Å²) >= 11 is 0. The van der Waals surface area contributed by atoms with Crippen molar-refractivity contribution in [2.45, 2.75) is 19.1 Å². The predicted octanol–water partition coefficient (Wildman–Crippen LogP) is 2.20. The second-order valence-corrected chi connectivity index (χ2v) is 7.70. The Morgan fingerprint density at radius 3 is 2.94 bits per heavy atom. The van der Waals surface area contributed by atoms with Gasteiger partial charge >= 0.3 is 6.03 Å². The number of hydrogen-bond acceptors (Lipinski definition) is 7. The number of carbonyl (C=O) groups is 1. The Morgan fingerprint density at radius 1 is 1.18 bits per heavy atom. The first-order valence-corrected chi connectivity index (χ1v) is 10.4. The number of halogens is 1. The number of amides is 2. The molecule has 11 heteroatoms. The zero-order chi connectivity index (χ0) is 22.8. The predicted molar refractivity (Wildman–Crippen MR) is 119 cm³/mol. The van der Waals surface area contributed by atoms with E-state index < -0.39 is 11.8 Å². The Hall–Kier alpha value is -4.12. The van der Waals surface area contributed by atoms with E-state index in [0.717, 1.165) is 28.5 Å². The molecule has 3 N–H and O–H groups in total. The molecule has 2 atom stereocenters. The molecule has 0 bridgehead atoms. The SMILES string of the molecule is Cc1cc(-n2ncc3cc(NC(=O)N[C@H]4CNC[C@@H]4Oc4cncc(F)c4)ncc32)ccn1. The molecule has 4 aromatic rings. The number of pyridine rings is 3. The highest BCUT2D eigenvalue weighted by Crippen LogP contribution is 2.20. The van der Waals surface area contributed by atoms with Crippen LogP contribution in [0.2, 0.25) is 0 Å². The van der Waals surface area contributed by atoms with Crippen LogP contribution in [0.3, 0.4) is 0 Å². The second-order valence-electron chi connectivity index (χ2n) is 7.70. The summed E-state index contributed by atoms with van der Waals surface area (Å²) in [6.45, 7) is 2.95. The molecule has 0 saturated carbocycles. The van der Waals surface area contributed by atoms with Crippen LogP contribution in [-0.4, -0.2) is 56.0 Å². The Bertz CT molecular complexity index is 1310. The molecule has 1 fully saturated rings. The zero-order valence-corrected chi connectivity index (χ0v) is 17.7. The van der Waals surface area contributed by atoms with Gasteiger partial charge in [-0.3, -0.25) is 15.3 Å². The van der Waals surface area contributed by atoms with E-state index in [0.29, 0.717) is 24.7 Å². The third-order valence-electron chi connectivity index (χ3n) is 5.26. The molecule has 5 rings (SSSR count). The number of hydrogen-bond donors (Lipinski definition) is 3. The Kier molecular flexibility index (Phi) is 5.53. The average molecular weight is 448 g/mol. The molecule has 10 nitrogen and oxygen atoms in total. The number of rotatable bonds is 5. The van der Waals surface area contributed by atoms with Gasteiger partial charge in [0, 0.05) is 36.4 Å². The van der Waals surface area contributed by atoms with Crippen LogP contribution < -0.4 is 20.7 Å². The molecule has 1 aliphatic rings. The summed E-state index contributed by atoms with van der Waals surface area (Å²) in [7, 11) is 0. The number of aryl methyl sites for hydroxylation is 1. The molecule has 5 heterocycles. The van der Waals surface area contributed by atoms with Crippen LogP contribution >= 0.6 is 0 Å². The number of aromatic nitrogens is 5. The van der Waals surface area contributed by atoms with Crippen LogP contribution in [0.5, 0.6) is 5.75 Å². The molecule has 1 aliphatic heterocycles. The molecular weight excluding hydrogens is 427 g/mol. The van der Waals surface area contributed by atoms with Crippen LogP contribution in [0.4, 0.5) is 15.0 Å². The first-order chi connectivity index (χ1) is 16.0. The lowest BCUT2D eigenvalue weighted by molar-refractivity contribution is 0.186. The standard InChI is InChI=1S/C22H21FN8O2/c1-13-4-16(2-3-26-13)31-19-11-27-21(5-14(19)7-28-31)30-22(32)29-18-10-25-12-20(18)33-17-6-15(23)8-24-9-17/h2-9,11,18,20,25H,10,12H2,1H3,(H2,27,29,30,32)/t18-,20-/m0/s1.